The number of rotatable bonds is 5. The topological polar surface area (TPSA) is 87.0 Å². The molecule has 0 bridgehead atoms. The minimum Gasteiger partial charge on any atom is -0.465 e. The molecule has 2 aliphatic rings. The van der Waals surface area contributed by atoms with Crippen LogP contribution in [0.1, 0.15) is 27.2 Å². The number of carbonyl (C=O) groups is 1. The molecule has 1 heterocycles. The zero-order valence-electron chi connectivity index (χ0n) is 14.2. The van der Waals surface area contributed by atoms with Crippen LogP contribution in [0.2, 0.25) is 0 Å². The highest BCUT2D eigenvalue weighted by Gasteiger charge is 2.44. The number of allylic oxidation sites excluding steroid dienone is 5. The highest BCUT2D eigenvalue weighted by Crippen LogP contribution is 2.34. The second-order valence-electron chi connectivity index (χ2n) is 6.49. The molecule has 0 amide bonds. The van der Waals surface area contributed by atoms with E-state index in [-0.39, 0.29) is 12.5 Å². The second-order valence-corrected chi connectivity index (χ2v) is 6.49. The molecule has 5 heteroatoms. The van der Waals surface area contributed by atoms with Crippen molar-refractivity contribution in [2.75, 3.05) is 6.61 Å². The average Bonchev–Trinajstić information content (AvgIpc) is 2.51. The van der Waals surface area contributed by atoms with Gasteiger partial charge in [0, 0.05) is 12.2 Å². The van der Waals surface area contributed by atoms with Crippen LogP contribution in [0, 0.1) is 5.92 Å². The maximum Gasteiger partial charge on any atom is 0.190 e. The van der Waals surface area contributed by atoms with Gasteiger partial charge in [-0.05, 0) is 50.0 Å². The van der Waals surface area contributed by atoms with E-state index in [0.717, 1.165) is 5.57 Å². The third kappa shape index (κ3) is 3.93. The Morgan fingerprint density at radius 1 is 1.46 bits per heavy atom. The summed E-state index contributed by atoms with van der Waals surface area (Å²) in [4.78, 5) is 11.9. The standard InChI is InChI=1S/C19H24O5/c1-12(8-13(2)6-7-20)4-5-15-9-14-10-17(21)19(3,23)18(22)16(14)11-24-15/h4-5,8-11,13,18,20,22-23H,6-7H2,1-3H3/b5-4+,12-8-/t13-,18-,19+/m1/s1. The maximum absolute atomic E-state index is 11.9. The van der Waals surface area contributed by atoms with Gasteiger partial charge in [-0.2, -0.15) is 0 Å². The van der Waals surface area contributed by atoms with Crippen molar-refractivity contribution in [3.63, 3.8) is 0 Å². The monoisotopic (exact) mass is 332 g/mol. The fraction of sp³-hybridized carbons (Fsp3) is 0.421. The summed E-state index contributed by atoms with van der Waals surface area (Å²) in [7, 11) is 0. The van der Waals surface area contributed by atoms with E-state index in [0.29, 0.717) is 23.3 Å². The quantitative estimate of drug-likeness (QED) is 0.670. The molecule has 3 atom stereocenters. The van der Waals surface area contributed by atoms with Gasteiger partial charge in [-0.1, -0.05) is 24.6 Å². The number of carbonyl (C=O) groups excluding carboxylic acids is 1. The van der Waals surface area contributed by atoms with E-state index in [4.69, 9.17) is 9.84 Å². The van der Waals surface area contributed by atoms with Crippen molar-refractivity contribution in [2.45, 2.75) is 38.9 Å². The summed E-state index contributed by atoms with van der Waals surface area (Å²) < 4.78 is 5.47. The zero-order chi connectivity index (χ0) is 17.9. The Bertz CT molecular complexity index is 661. The van der Waals surface area contributed by atoms with Crippen LogP contribution in [0.4, 0.5) is 0 Å². The number of aliphatic hydroxyl groups is 3. The summed E-state index contributed by atoms with van der Waals surface area (Å²) in [5.74, 6) is 0.287. The van der Waals surface area contributed by atoms with Gasteiger partial charge in [-0.25, -0.2) is 0 Å². The van der Waals surface area contributed by atoms with Gasteiger partial charge in [-0.3, -0.25) is 4.79 Å². The molecule has 0 aromatic rings. The molecule has 130 valence electrons. The molecule has 0 saturated heterocycles. The first kappa shape index (κ1) is 18.4. The van der Waals surface area contributed by atoms with E-state index in [1.54, 1.807) is 12.2 Å². The molecule has 0 fully saturated rings. The molecular formula is C19H24O5. The molecule has 0 unspecified atom stereocenters. The van der Waals surface area contributed by atoms with Crippen molar-refractivity contribution in [1.29, 1.82) is 0 Å². The summed E-state index contributed by atoms with van der Waals surface area (Å²) in [6.45, 7) is 5.43. The first-order valence-electron chi connectivity index (χ1n) is 7.98. The fourth-order valence-electron chi connectivity index (χ4n) is 2.63. The Kier molecular flexibility index (Phi) is 5.59. The van der Waals surface area contributed by atoms with E-state index in [2.05, 4.69) is 6.08 Å². The molecule has 2 rings (SSSR count). The summed E-state index contributed by atoms with van der Waals surface area (Å²) >= 11 is 0. The van der Waals surface area contributed by atoms with Crippen LogP contribution in [0.3, 0.4) is 0 Å². The Labute approximate surface area is 142 Å². The van der Waals surface area contributed by atoms with E-state index >= 15 is 0 Å². The van der Waals surface area contributed by atoms with Crippen LogP contribution in [-0.4, -0.2) is 39.4 Å². The van der Waals surface area contributed by atoms with Gasteiger partial charge in [0.15, 0.2) is 11.4 Å². The van der Waals surface area contributed by atoms with E-state index in [9.17, 15) is 15.0 Å². The van der Waals surface area contributed by atoms with Gasteiger partial charge < -0.3 is 20.1 Å². The Morgan fingerprint density at radius 2 is 2.17 bits per heavy atom. The van der Waals surface area contributed by atoms with E-state index < -0.39 is 17.5 Å². The Balaban J connectivity index is 2.15. The number of aliphatic hydroxyl groups excluding tert-OH is 2. The average molecular weight is 332 g/mol. The predicted molar refractivity (Wildman–Crippen MR) is 90.7 cm³/mol. The number of ketones is 1. The molecule has 0 radical (unpaired) electrons. The van der Waals surface area contributed by atoms with Crippen LogP contribution in [0.5, 0.6) is 0 Å². The molecule has 0 spiro atoms. The van der Waals surface area contributed by atoms with Crippen LogP contribution in [0.15, 0.2) is 59.1 Å². The second kappa shape index (κ2) is 7.30. The molecule has 0 aromatic heterocycles. The molecule has 3 N–H and O–H groups in total. The molecule has 24 heavy (non-hydrogen) atoms. The smallest absolute Gasteiger partial charge is 0.190 e. The van der Waals surface area contributed by atoms with Crippen molar-refractivity contribution < 1.29 is 24.9 Å². The first-order valence-corrected chi connectivity index (χ1v) is 7.98. The third-order valence-electron chi connectivity index (χ3n) is 4.21. The lowest BCUT2D eigenvalue weighted by molar-refractivity contribution is -0.140. The van der Waals surface area contributed by atoms with Crippen LogP contribution < -0.4 is 0 Å². The summed E-state index contributed by atoms with van der Waals surface area (Å²) in [6.07, 6.45) is 9.46. The van der Waals surface area contributed by atoms with Crippen molar-refractivity contribution in [2.24, 2.45) is 5.92 Å². The van der Waals surface area contributed by atoms with Gasteiger partial charge >= 0.3 is 0 Å². The number of ether oxygens (including phenoxy) is 1. The Hall–Kier alpha value is -1.95. The lowest BCUT2D eigenvalue weighted by Crippen LogP contribution is -2.50. The molecule has 0 aromatic carbocycles. The highest BCUT2D eigenvalue weighted by molar-refractivity contribution is 6.01. The summed E-state index contributed by atoms with van der Waals surface area (Å²) in [5.41, 5.74) is 0.134. The minimum absolute atomic E-state index is 0.158. The van der Waals surface area contributed by atoms with Crippen molar-refractivity contribution >= 4 is 5.78 Å². The maximum atomic E-state index is 11.9. The molecule has 1 aliphatic heterocycles. The largest absolute Gasteiger partial charge is 0.465 e. The fourth-order valence-corrected chi connectivity index (χ4v) is 2.63. The number of hydrogen-bond donors (Lipinski definition) is 3. The van der Waals surface area contributed by atoms with Gasteiger partial charge in [-0.15, -0.1) is 0 Å². The minimum atomic E-state index is -1.83. The van der Waals surface area contributed by atoms with E-state index in [1.165, 1.54) is 19.3 Å². The number of hydrogen-bond acceptors (Lipinski definition) is 5. The van der Waals surface area contributed by atoms with Crippen LogP contribution >= 0.6 is 0 Å². The zero-order valence-corrected chi connectivity index (χ0v) is 14.2. The molecule has 0 saturated carbocycles. The van der Waals surface area contributed by atoms with Crippen LogP contribution in [-0.2, 0) is 9.53 Å². The van der Waals surface area contributed by atoms with E-state index in [1.807, 2.05) is 19.9 Å². The lowest BCUT2D eigenvalue weighted by atomic mass is 9.79. The predicted octanol–water partition coefficient (Wildman–Crippen LogP) is 1.93. The SMILES string of the molecule is CC(=C/[C@H](C)CCO)/C=C/C1=CC2=CC(=O)[C@](C)(O)[C@H](O)C2=CO1. The lowest BCUT2D eigenvalue weighted by Gasteiger charge is -2.34. The third-order valence-corrected chi connectivity index (χ3v) is 4.21. The molecule has 5 nitrogen and oxygen atoms in total. The summed E-state index contributed by atoms with van der Waals surface area (Å²) in [6, 6.07) is 0. The van der Waals surface area contributed by atoms with Gasteiger partial charge in [0.1, 0.15) is 11.9 Å². The van der Waals surface area contributed by atoms with Crippen molar-refractivity contribution in [3.05, 3.63) is 59.1 Å². The van der Waals surface area contributed by atoms with Crippen LogP contribution in [0.25, 0.3) is 0 Å². The highest BCUT2D eigenvalue weighted by atomic mass is 16.5. The summed E-state index contributed by atoms with van der Waals surface area (Å²) in [5, 5.41) is 29.1. The first-order chi connectivity index (χ1) is 11.3. The van der Waals surface area contributed by atoms with Gasteiger partial charge in [0.25, 0.3) is 0 Å². The molecular weight excluding hydrogens is 308 g/mol. The van der Waals surface area contributed by atoms with Gasteiger partial charge in [0.2, 0.25) is 0 Å². The number of fused-ring (bicyclic) bond motifs is 1. The molecule has 1 aliphatic carbocycles. The van der Waals surface area contributed by atoms with Crippen molar-refractivity contribution in [1.82, 2.24) is 0 Å². The Morgan fingerprint density at radius 3 is 2.83 bits per heavy atom. The normalized spacial score (nSPS) is 28.8. The van der Waals surface area contributed by atoms with Gasteiger partial charge in [0.05, 0.1) is 6.26 Å². The van der Waals surface area contributed by atoms with Crippen molar-refractivity contribution in [3.8, 4) is 0 Å².